The molecule has 118 valence electrons. The summed E-state index contributed by atoms with van der Waals surface area (Å²) in [5.41, 5.74) is 0.342. The van der Waals surface area contributed by atoms with Gasteiger partial charge in [-0.15, -0.1) is 0 Å². The summed E-state index contributed by atoms with van der Waals surface area (Å²) in [5, 5.41) is 0. The maximum absolute atomic E-state index is 12.4. The molecule has 0 N–H and O–H groups in total. The van der Waals surface area contributed by atoms with Crippen LogP contribution in [0.15, 0.2) is 34.5 Å². The minimum absolute atomic E-state index is 0.0427. The third-order valence-electron chi connectivity index (χ3n) is 3.26. The number of nitrogens with zero attached hydrogens (tertiary/aromatic N) is 1. The van der Waals surface area contributed by atoms with Crippen LogP contribution < -0.4 is 9.64 Å². The number of hydrogen-bond acceptors (Lipinski definition) is 4. The fraction of sp³-hybridized carbons (Fsp3) is 0.286. The van der Waals surface area contributed by atoms with Gasteiger partial charge in [-0.1, -0.05) is 46.9 Å². The molecule has 0 bridgehead atoms. The Bertz CT molecular complexity index is 657. The lowest BCUT2D eigenvalue weighted by atomic mass is 10.1. The van der Waals surface area contributed by atoms with Crippen LogP contribution >= 0.6 is 34.8 Å². The zero-order valence-corrected chi connectivity index (χ0v) is 14.0. The van der Waals surface area contributed by atoms with Gasteiger partial charge in [0.25, 0.3) is 0 Å². The second kappa shape index (κ2) is 6.36. The Morgan fingerprint density at radius 2 is 1.91 bits per heavy atom. The number of para-hydroxylation sites is 2. The van der Waals surface area contributed by atoms with E-state index < -0.39 is 16.8 Å². The largest absolute Gasteiger partial charge is 0.495 e. The van der Waals surface area contributed by atoms with E-state index in [-0.39, 0.29) is 16.6 Å². The number of alkyl halides is 1. The minimum Gasteiger partial charge on any atom is -0.495 e. The monoisotopic (exact) mass is 363 g/mol. The topological polar surface area (TPSA) is 55.8 Å². The molecule has 1 atom stereocenters. The van der Waals surface area contributed by atoms with Gasteiger partial charge < -0.3 is 9.47 Å². The third-order valence-corrected chi connectivity index (χ3v) is 4.08. The fourth-order valence-electron chi connectivity index (χ4n) is 2.31. The van der Waals surface area contributed by atoms with Gasteiger partial charge in [0.05, 0.1) is 32.0 Å². The summed E-state index contributed by atoms with van der Waals surface area (Å²) < 4.78 is 9.61. The van der Waals surface area contributed by atoms with Gasteiger partial charge in [0.2, 0.25) is 5.91 Å². The number of benzene rings is 1. The Hall–Kier alpha value is -1.43. The van der Waals surface area contributed by atoms with Crippen LogP contribution in [-0.2, 0) is 14.3 Å². The summed E-state index contributed by atoms with van der Waals surface area (Å²) in [6, 6.07) is 6.74. The predicted molar refractivity (Wildman–Crippen MR) is 84.4 cm³/mol. The molecule has 1 aromatic carbocycles. The number of anilines is 1. The number of halogens is 3. The first-order chi connectivity index (χ1) is 10.4. The molecule has 8 heteroatoms. The van der Waals surface area contributed by atoms with E-state index in [2.05, 4.69) is 4.74 Å². The number of esters is 1. The van der Waals surface area contributed by atoms with E-state index in [1.807, 2.05) is 0 Å². The summed E-state index contributed by atoms with van der Waals surface area (Å²) in [5.74, 6) is -0.846. The van der Waals surface area contributed by atoms with Crippen molar-refractivity contribution in [2.45, 2.75) is 11.3 Å². The van der Waals surface area contributed by atoms with Crippen molar-refractivity contribution >= 4 is 52.4 Å². The van der Waals surface area contributed by atoms with Crippen molar-refractivity contribution in [3.8, 4) is 5.75 Å². The molecule has 0 aliphatic carbocycles. The van der Waals surface area contributed by atoms with Gasteiger partial charge in [-0.25, -0.2) is 4.79 Å². The average molecular weight is 365 g/mol. The number of carbonyl (C=O) groups is 2. The Balaban J connectivity index is 2.64. The molecule has 1 amide bonds. The Morgan fingerprint density at radius 1 is 1.27 bits per heavy atom. The third kappa shape index (κ3) is 2.64. The molecule has 22 heavy (non-hydrogen) atoms. The van der Waals surface area contributed by atoms with Crippen molar-refractivity contribution in [1.82, 2.24) is 0 Å². The first-order valence-electron chi connectivity index (χ1n) is 6.16. The van der Waals surface area contributed by atoms with E-state index in [0.29, 0.717) is 11.4 Å². The number of rotatable bonds is 3. The molecule has 0 radical (unpaired) electrons. The molecule has 0 spiro atoms. The van der Waals surface area contributed by atoms with Gasteiger partial charge >= 0.3 is 5.97 Å². The molecule has 0 saturated carbocycles. The van der Waals surface area contributed by atoms with Crippen molar-refractivity contribution in [3.63, 3.8) is 0 Å². The van der Waals surface area contributed by atoms with Gasteiger partial charge in [0.1, 0.15) is 10.2 Å². The first-order valence-corrected chi connectivity index (χ1v) is 7.29. The molecule has 1 unspecified atom stereocenters. The predicted octanol–water partition coefficient (Wildman–Crippen LogP) is 3.23. The van der Waals surface area contributed by atoms with Crippen LogP contribution in [0.25, 0.3) is 0 Å². The standard InChI is InChI=1S/C14H12Cl3NO4/c1-21-9-6-4-3-5-8(9)18-10(19)7-14(17,13(20)22-2)11(18)12(15)16/h3-6H,7H2,1-2H3. The van der Waals surface area contributed by atoms with Crippen LogP contribution in [0.4, 0.5) is 5.69 Å². The van der Waals surface area contributed by atoms with E-state index in [1.54, 1.807) is 24.3 Å². The second-order valence-electron chi connectivity index (χ2n) is 4.48. The summed E-state index contributed by atoms with van der Waals surface area (Å²) in [6.07, 6.45) is -0.322. The minimum atomic E-state index is -1.77. The summed E-state index contributed by atoms with van der Waals surface area (Å²) in [7, 11) is 2.63. The molecule has 2 rings (SSSR count). The quantitative estimate of drug-likeness (QED) is 0.610. The van der Waals surface area contributed by atoms with Crippen molar-refractivity contribution < 1.29 is 19.1 Å². The van der Waals surface area contributed by atoms with Gasteiger partial charge in [0.15, 0.2) is 4.87 Å². The van der Waals surface area contributed by atoms with Crippen LogP contribution in [0.5, 0.6) is 5.75 Å². The highest BCUT2D eigenvalue weighted by molar-refractivity contribution is 6.58. The van der Waals surface area contributed by atoms with Gasteiger partial charge in [-0.2, -0.15) is 0 Å². The molecule has 0 aromatic heterocycles. The fourth-order valence-corrected chi connectivity index (χ4v) is 3.27. The van der Waals surface area contributed by atoms with Crippen molar-refractivity contribution in [2.24, 2.45) is 0 Å². The van der Waals surface area contributed by atoms with Crippen LogP contribution in [0.2, 0.25) is 0 Å². The van der Waals surface area contributed by atoms with E-state index >= 15 is 0 Å². The SMILES string of the molecule is COC(=O)C1(Cl)CC(=O)N(c2ccccc2OC)C1=C(Cl)Cl. The second-order valence-corrected chi connectivity index (χ2v) is 6.07. The van der Waals surface area contributed by atoms with Crippen LogP contribution in [0.3, 0.4) is 0 Å². The molecule has 5 nitrogen and oxygen atoms in total. The molecule has 1 aliphatic rings. The van der Waals surface area contributed by atoms with Crippen molar-refractivity contribution in [3.05, 3.63) is 34.5 Å². The van der Waals surface area contributed by atoms with E-state index in [0.717, 1.165) is 0 Å². The summed E-state index contributed by atoms with van der Waals surface area (Å²) >= 11 is 18.1. The molecule has 1 fully saturated rings. The Labute approximate surface area is 142 Å². The van der Waals surface area contributed by atoms with Crippen LogP contribution in [-0.4, -0.2) is 31.0 Å². The number of hydrogen-bond donors (Lipinski definition) is 0. The normalized spacial score (nSPS) is 21.0. The lowest BCUT2D eigenvalue weighted by Crippen LogP contribution is -2.35. The lowest BCUT2D eigenvalue weighted by molar-refractivity contribution is -0.143. The Morgan fingerprint density at radius 3 is 2.45 bits per heavy atom. The molecule has 1 heterocycles. The number of amides is 1. The van der Waals surface area contributed by atoms with Crippen molar-refractivity contribution in [2.75, 3.05) is 19.1 Å². The maximum Gasteiger partial charge on any atom is 0.333 e. The van der Waals surface area contributed by atoms with E-state index in [9.17, 15) is 9.59 Å². The highest BCUT2D eigenvalue weighted by Crippen LogP contribution is 2.47. The molecular formula is C14H12Cl3NO4. The number of carbonyl (C=O) groups excluding carboxylic acids is 2. The van der Waals surface area contributed by atoms with Crippen molar-refractivity contribution in [1.29, 1.82) is 0 Å². The molecule has 1 saturated heterocycles. The van der Waals surface area contributed by atoms with Gasteiger partial charge in [0, 0.05) is 0 Å². The lowest BCUT2D eigenvalue weighted by Gasteiger charge is -2.25. The first kappa shape index (κ1) is 16.9. The summed E-state index contributed by atoms with van der Waals surface area (Å²) in [6.45, 7) is 0. The van der Waals surface area contributed by atoms with E-state index in [4.69, 9.17) is 39.5 Å². The molecule has 1 aliphatic heterocycles. The maximum atomic E-state index is 12.4. The van der Waals surface area contributed by atoms with Crippen LogP contribution in [0, 0.1) is 0 Å². The Kier molecular flexibility index (Phi) is 4.90. The number of methoxy groups -OCH3 is 2. The highest BCUT2D eigenvalue weighted by atomic mass is 35.5. The molecule has 1 aromatic rings. The average Bonchev–Trinajstić information content (AvgIpc) is 2.78. The van der Waals surface area contributed by atoms with E-state index in [1.165, 1.54) is 19.1 Å². The molecular weight excluding hydrogens is 353 g/mol. The zero-order chi connectivity index (χ0) is 16.5. The number of ether oxygens (including phenoxy) is 2. The smallest absolute Gasteiger partial charge is 0.333 e. The van der Waals surface area contributed by atoms with Gasteiger partial charge in [-0.3, -0.25) is 9.69 Å². The highest BCUT2D eigenvalue weighted by Gasteiger charge is 2.55. The van der Waals surface area contributed by atoms with Gasteiger partial charge in [-0.05, 0) is 12.1 Å². The van der Waals surface area contributed by atoms with Crippen LogP contribution in [0.1, 0.15) is 6.42 Å². The zero-order valence-electron chi connectivity index (χ0n) is 11.7. The summed E-state index contributed by atoms with van der Waals surface area (Å²) in [4.78, 5) is 23.8.